The number of benzene rings is 2. The van der Waals surface area contributed by atoms with Crippen LogP contribution in [-0.4, -0.2) is 0 Å². The van der Waals surface area contributed by atoms with Crippen molar-refractivity contribution in [2.45, 2.75) is 6.43 Å². The molecule has 0 aliphatic rings. The fraction of sp³-hybridized carbons (Fsp3) is 0.0769. The molecule has 0 heterocycles. The molecule has 3 heteroatoms. The maximum Gasteiger partial charge on any atom is 0.263 e. The minimum Gasteiger partial charge on any atom is -0.205 e. The maximum atomic E-state index is 12.4. The standard InChI is InChI=1S/C13H9BrF2/c14-12-4-2-1-3-11(12)9-5-7-10(8-6-9)13(15)16/h1-8,13H. The van der Waals surface area contributed by atoms with E-state index in [0.717, 1.165) is 15.6 Å². The van der Waals surface area contributed by atoms with E-state index in [0.29, 0.717) is 0 Å². The van der Waals surface area contributed by atoms with Gasteiger partial charge in [0.2, 0.25) is 0 Å². The molecule has 0 atom stereocenters. The van der Waals surface area contributed by atoms with E-state index in [2.05, 4.69) is 15.9 Å². The van der Waals surface area contributed by atoms with Gasteiger partial charge in [0.25, 0.3) is 6.43 Å². The summed E-state index contributed by atoms with van der Waals surface area (Å²) in [4.78, 5) is 0. The Morgan fingerprint density at radius 2 is 1.50 bits per heavy atom. The Balaban J connectivity index is 2.39. The van der Waals surface area contributed by atoms with Gasteiger partial charge in [-0.05, 0) is 17.2 Å². The summed E-state index contributed by atoms with van der Waals surface area (Å²) in [7, 11) is 0. The van der Waals surface area contributed by atoms with Crippen LogP contribution in [0.5, 0.6) is 0 Å². The molecule has 0 saturated heterocycles. The van der Waals surface area contributed by atoms with Crippen molar-refractivity contribution in [2.75, 3.05) is 0 Å². The summed E-state index contributed by atoms with van der Waals surface area (Å²) in [5.41, 5.74) is 1.98. The first-order chi connectivity index (χ1) is 7.68. The topological polar surface area (TPSA) is 0 Å². The molecule has 0 bridgehead atoms. The molecule has 0 spiro atoms. The second-order valence-electron chi connectivity index (χ2n) is 3.40. The van der Waals surface area contributed by atoms with Gasteiger partial charge in [-0.15, -0.1) is 0 Å². The highest BCUT2D eigenvalue weighted by Gasteiger charge is 2.07. The van der Waals surface area contributed by atoms with Gasteiger partial charge in [0.15, 0.2) is 0 Å². The highest BCUT2D eigenvalue weighted by molar-refractivity contribution is 9.10. The van der Waals surface area contributed by atoms with Gasteiger partial charge in [0, 0.05) is 10.0 Å². The van der Waals surface area contributed by atoms with Crippen molar-refractivity contribution < 1.29 is 8.78 Å². The third-order valence-corrected chi connectivity index (χ3v) is 3.04. The van der Waals surface area contributed by atoms with Crippen LogP contribution in [-0.2, 0) is 0 Å². The Hall–Kier alpha value is -1.22. The molecule has 16 heavy (non-hydrogen) atoms. The zero-order chi connectivity index (χ0) is 11.5. The SMILES string of the molecule is FC(F)c1ccc(-c2ccccc2Br)cc1. The van der Waals surface area contributed by atoms with Gasteiger partial charge in [-0.1, -0.05) is 58.4 Å². The number of hydrogen-bond acceptors (Lipinski definition) is 0. The van der Waals surface area contributed by atoms with E-state index < -0.39 is 6.43 Å². The van der Waals surface area contributed by atoms with E-state index in [9.17, 15) is 8.78 Å². The average Bonchev–Trinajstić information content (AvgIpc) is 2.30. The molecule has 0 radical (unpaired) electrons. The molecule has 2 aromatic rings. The first-order valence-electron chi connectivity index (χ1n) is 4.81. The highest BCUT2D eigenvalue weighted by Crippen LogP contribution is 2.29. The summed E-state index contributed by atoms with van der Waals surface area (Å²) in [5.74, 6) is 0. The quantitative estimate of drug-likeness (QED) is 0.723. The van der Waals surface area contributed by atoms with Crippen molar-refractivity contribution in [3.63, 3.8) is 0 Å². The molecule has 2 rings (SSSR count). The van der Waals surface area contributed by atoms with Crippen LogP contribution in [0.2, 0.25) is 0 Å². The minimum atomic E-state index is -2.41. The van der Waals surface area contributed by atoms with Crippen LogP contribution in [0.3, 0.4) is 0 Å². The first kappa shape index (κ1) is 11.3. The summed E-state index contributed by atoms with van der Waals surface area (Å²) in [6.07, 6.45) is -2.41. The molecule has 0 amide bonds. The molecule has 0 aliphatic carbocycles. The Kier molecular flexibility index (Phi) is 3.34. The van der Waals surface area contributed by atoms with Crippen LogP contribution >= 0.6 is 15.9 Å². The Labute approximate surface area is 101 Å². The molecule has 0 N–H and O–H groups in total. The van der Waals surface area contributed by atoms with Crippen LogP contribution in [0, 0.1) is 0 Å². The maximum absolute atomic E-state index is 12.4. The number of hydrogen-bond donors (Lipinski definition) is 0. The minimum absolute atomic E-state index is 0.0517. The van der Waals surface area contributed by atoms with Crippen molar-refractivity contribution in [3.05, 3.63) is 58.6 Å². The zero-order valence-electron chi connectivity index (χ0n) is 8.33. The van der Waals surface area contributed by atoms with E-state index in [1.165, 1.54) is 12.1 Å². The fourth-order valence-corrected chi connectivity index (χ4v) is 2.02. The average molecular weight is 283 g/mol. The van der Waals surface area contributed by atoms with Gasteiger partial charge in [-0.25, -0.2) is 8.78 Å². The molecule has 82 valence electrons. The normalized spacial score (nSPS) is 10.8. The van der Waals surface area contributed by atoms with E-state index in [4.69, 9.17) is 0 Å². The van der Waals surface area contributed by atoms with Crippen LogP contribution in [0.1, 0.15) is 12.0 Å². The predicted octanol–water partition coefficient (Wildman–Crippen LogP) is 5.05. The first-order valence-corrected chi connectivity index (χ1v) is 5.61. The third-order valence-electron chi connectivity index (χ3n) is 2.35. The number of halogens is 3. The summed E-state index contributed by atoms with van der Waals surface area (Å²) >= 11 is 3.43. The van der Waals surface area contributed by atoms with Gasteiger partial charge in [0.05, 0.1) is 0 Å². The van der Waals surface area contributed by atoms with E-state index >= 15 is 0 Å². The van der Waals surface area contributed by atoms with Gasteiger partial charge >= 0.3 is 0 Å². The predicted molar refractivity (Wildman–Crippen MR) is 64.5 cm³/mol. The van der Waals surface area contributed by atoms with Crippen LogP contribution in [0.15, 0.2) is 53.0 Å². The van der Waals surface area contributed by atoms with E-state index in [1.807, 2.05) is 24.3 Å². The van der Waals surface area contributed by atoms with Gasteiger partial charge in [-0.3, -0.25) is 0 Å². The lowest BCUT2D eigenvalue weighted by Crippen LogP contribution is -1.84. The van der Waals surface area contributed by atoms with Crippen LogP contribution in [0.4, 0.5) is 8.78 Å². The van der Waals surface area contributed by atoms with E-state index in [-0.39, 0.29) is 5.56 Å². The Bertz CT molecular complexity index is 478. The molecule has 0 saturated carbocycles. The smallest absolute Gasteiger partial charge is 0.205 e. The fourth-order valence-electron chi connectivity index (χ4n) is 1.50. The Morgan fingerprint density at radius 3 is 2.06 bits per heavy atom. The highest BCUT2D eigenvalue weighted by atomic mass is 79.9. The molecule has 0 aliphatic heterocycles. The Morgan fingerprint density at radius 1 is 0.875 bits per heavy atom. The van der Waals surface area contributed by atoms with Crippen LogP contribution in [0.25, 0.3) is 11.1 Å². The van der Waals surface area contributed by atoms with Crippen molar-refractivity contribution in [2.24, 2.45) is 0 Å². The van der Waals surface area contributed by atoms with Gasteiger partial charge in [-0.2, -0.15) is 0 Å². The lowest BCUT2D eigenvalue weighted by atomic mass is 10.0. The largest absolute Gasteiger partial charge is 0.263 e. The van der Waals surface area contributed by atoms with E-state index in [1.54, 1.807) is 12.1 Å². The van der Waals surface area contributed by atoms with Crippen molar-refractivity contribution >= 4 is 15.9 Å². The number of rotatable bonds is 2. The molecule has 0 unspecified atom stereocenters. The molecule has 0 fully saturated rings. The summed E-state index contributed by atoms with van der Waals surface area (Å²) in [5, 5.41) is 0. The monoisotopic (exact) mass is 282 g/mol. The van der Waals surface area contributed by atoms with Crippen molar-refractivity contribution in [3.8, 4) is 11.1 Å². The second kappa shape index (κ2) is 4.74. The zero-order valence-corrected chi connectivity index (χ0v) is 9.92. The molecular formula is C13H9BrF2. The summed E-state index contributed by atoms with van der Waals surface area (Å²) < 4.78 is 25.7. The molecular weight excluding hydrogens is 274 g/mol. The number of alkyl halides is 2. The molecule has 0 aromatic heterocycles. The lowest BCUT2D eigenvalue weighted by Gasteiger charge is -2.05. The van der Waals surface area contributed by atoms with Crippen LogP contribution < -0.4 is 0 Å². The molecule has 0 nitrogen and oxygen atoms in total. The molecule has 2 aromatic carbocycles. The summed E-state index contributed by atoms with van der Waals surface area (Å²) in [6.45, 7) is 0. The lowest BCUT2D eigenvalue weighted by molar-refractivity contribution is 0.151. The van der Waals surface area contributed by atoms with Gasteiger partial charge in [0.1, 0.15) is 0 Å². The van der Waals surface area contributed by atoms with Crippen molar-refractivity contribution in [1.82, 2.24) is 0 Å². The second-order valence-corrected chi connectivity index (χ2v) is 4.26. The van der Waals surface area contributed by atoms with Gasteiger partial charge < -0.3 is 0 Å². The summed E-state index contributed by atoms with van der Waals surface area (Å²) in [6, 6.07) is 14.0. The third kappa shape index (κ3) is 2.30. The van der Waals surface area contributed by atoms with Crippen molar-refractivity contribution in [1.29, 1.82) is 0 Å².